The quantitative estimate of drug-likeness (QED) is 0.564. The predicted molar refractivity (Wildman–Crippen MR) is 73.9 cm³/mol. The summed E-state index contributed by atoms with van der Waals surface area (Å²) in [5.41, 5.74) is 4.97. The van der Waals surface area contributed by atoms with Crippen LogP contribution in [0.5, 0.6) is 0 Å². The second-order valence-corrected chi connectivity index (χ2v) is 7.27. The normalized spacial score (nSPS) is 11.4. The monoisotopic (exact) mass is 320 g/mol. The number of nitrogens with two attached hydrogens (primary N) is 1. The number of unbranched alkanes of at least 4 members (excludes halogenated alkanes) is 1. The Bertz CT molecular complexity index is 579. The maximum atomic E-state index is 11.9. The van der Waals surface area contributed by atoms with Crippen molar-refractivity contribution in [3.05, 3.63) is 17.0 Å². The van der Waals surface area contributed by atoms with Gasteiger partial charge in [0.2, 0.25) is 15.9 Å². The Hall–Kier alpha value is -1.45. The molecule has 0 spiro atoms. The molecular formula is C11H16N2O5S2. The molecule has 1 aromatic heterocycles. The molecular weight excluding hydrogens is 304 g/mol. The summed E-state index contributed by atoms with van der Waals surface area (Å²) < 4.78 is 26.3. The van der Waals surface area contributed by atoms with E-state index in [-0.39, 0.29) is 23.6 Å². The lowest BCUT2D eigenvalue weighted by Gasteiger charge is -2.03. The summed E-state index contributed by atoms with van der Waals surface area (Å²) in [6.45, 7) is 0.210. The number of sulfonamides is 1. The zero-order chi connectivity index (χ0) is 15.2. The number of hydrogen-bond donors (Lipinski definition) is 3. The predicted octanol–water partition coefficient (Wildman–Crippen LogP) is 0.309. The van der Waals surface area contributed by atoms with E-state index in [4.69, 9.17) is 10.8 Å². The molecule has 112 valence electrons. The van der Waals surface area contributed by atoms with Crippen LogP contribution in [0.15, 0.2) is 16.3 Å². The van der Waals surface area contributed by atoms with Gasteiger partial charge in [0.1, 0.15) is 4.21 Å². The first kappa shape index (κ1) is 16.6. The van der Waals surface area contributed by atoms with Crippen LogP contribution in [-0.2, 0) is 26.0 Å². The van der Waals surface area contributed by atoms with E-state index in [1.807, 2.05) is 0 Å². The molecule has 0 saturated carbocycles. The zero-order valence-corrected chi connectivity index (χ0v) is 12.3. The average molecular weight is 320 g/mol. The van der Waals surface area contributed by atoms with Crippen LogP contribution in [0.3, 0.4) is 0 Å². The highest BCUT2D eigenvalue weighted by atomic mass is 32.2. The van der Waals surface area contributed by atoms with Gasteiger partial charge in [0, 0.05) is 17.8 Å². The average Bonchev–Trinajstić information content (AvgIpc) is 2.76. The van der Waals surface area contributed by atoms with Gasteiger partial charge in [-0.05, 0) is 25.0 Å². The third kappa shape index (κ3) is 5.68. The number of primary amides is 1. The lowest BCUT2D eigenvalue weighted by molar-refractivity contribution is -0.136. The van der Waals surface area contributed by atoms with E-state index in [2.05, 4.69) is 4.72 Å². The molecule has 1 amide bonds. The van der Waals surface area contributed by atoms with E-state index in [1.54, 1.807) is 0 Å². The number of carbonyl (C=O) groups is 2. The highest BCUT2D eigenvalue weighted by molar-refractivity contribution is 7.91. The Balaban J connectivity index is 2.49. The molecule has 0 saturated heterocycles. The second kappa shape index (κ2) is 7.36. The highest BCUT2D eigenvalue weighted by Crippen LogP contribution is 2.21. The van der Waals surface area contributed by atoms with E-state index in [0.29, 0.717) is 17.7 Å². The van der Waals surface area contributed by atoms with Crippen molar-refractivity contribution in [2.75, 3.05) is 6.54 Å². The van der Waals surface area contributed by atoms with E-state index >= 15 is 0 Å². The molecule has 0 aliphatic carbocycles. The Morgan fingerprint density at radius 2 is 2.00 bits per heavy atom. The Morgan fingerprint density at radius 1 is 1.30 bits per heavy atom. The van der Waals surface area contributed by atoms with Gasteiger partial charge in [0.15, 0.2) is 0 Å². The van der Waals surface area contributed by atoms with E-state index in [0.717, 1.165) is 11.3 Å². The minimum absolute atomic E-state index is 0.0867. The maximum absolute atomic E-state index is 11.9. The van der Waals surface area contributed by atoms with Crippen LogP contribution in [-0.4, -0.2) is 31.9 Å². The van der Waals surface area contributed by atoms with Crippen molar-refractivity contribution >= 4 is 33.2 Å². The summed E-state index contributed by atoms with van der Waals surface area (Å²) in [4.78, 5) is 21.5. The molecule has 0 aromatic carbocycles. The summed E-state index contributed by atoms with van der Waals surface area (Å²) in [5.74, 6) is -1.42. The standard InChI is InChI=1S/C11H16N2O5S2/c12-9(14)3-1-2-6-13-20(17,18)11-5-4-8(19-11)7-10(15)16/h4-5,13H,1-3,6-7H2,(H2,12,14)(H,15,16). The molecule has 20 heavy (non-hydrogen) atoms. The first-order valence-electron chi connectivity index (χ1n) is 5.90. The summed E-state index contributed by atoms with van der Waals surface area (Å²) >= 11 is 0.931. The molecule has 0 bridgehead atoms. The first-order valence-corrected chi connectivity index (χ1v) is 8.19. The molecule has 7 nitrogen and oxygen atoms in total. The molecule has 0 fully saturated rings. The van der Waals surface area contributed by atoms with Gasteiger partial charge < -0.3 is 10.8 Å². The fraction of sp³-hybridized carbons (Fsp3) is 0.455. The van der Waals surface area contributed by atoms with E-state index < -0.39 is 21.9 Å². The number of hydrogen-bond acceptors (Lipinski definition) is 5. The number of carboxylic acid groups (broad SMARTS) is 1. The van der Waals surface area contributed by atoms with Gasteiger partial charge in [-0.2, -0.15) is 0 Å². The van der Waals surface area contributed by atoms with Crippen LogP contribution >= 0.6 is 11.3 Å². The number of carboxylic acids is 1. The molecule has 1 heterocycles. The maximum Gasteiger partial charge on any atom is 0.308 e. The van der Waals surface area contributed by atoms with Crippen LogP contribution < -0.4 is 10.5 Å². The molecule has 1 rings (SSSR count). The fourth-order valence-corrected chi connectivity index (χ4v) is 3.91. The van der Waals surface area contributed by atoms with Gasteiger partial charge in [0.05, 0.1) is 6.42 Å². The van der Waals surface area contributed by atoms with Crippen LogP contribution in [0.2, 0.25) is 0 Å². The molecule has 0 unspecified atom stereocenters. The zero-order valence-electron chi connectivity index (χ0n) is 10.7. The van der Waals surface area contributed by atoms with Crippen LogP contribution in [0.25, 0.3) is 0 Å². The summed E-state index contributed by atoms with van der Waals surface area (Å²) in [7, 11) is -3.62. The number of carbonyl (C=O) groups excluding carboxylic acids is 1. The van der Waals surface area contributed by atoms with Gasteiger partial charge in [-0.25, -0.2) is 13.1 Å². The number of amides is 1. The van der Waals surface area contributed by atoms with Crippen molar-refractivity contribution < 1.29 is 23.1 Å². The lowest BCUT2D eigenvalue weighted by Crippen LogP contribution is -2.24. The van der Waals surface area contributed by atoms with E-state index in [9.17, 15) is 18.0 Å². The van der Waals surface area contributed by atoms with Crippen LogP contribution in [0.1, 0.15) is 24.1 Å². The topological polar surface area (TPSA) is 127 Å². The lowest BCUT2D eigenvalue weighted by atomic mass is 10.2. The molecule has 4 N–H and O–H groups in total. The summed E-state index contributed by atoms with van der Waals surface area (Å²) in [5, 5.41) is 8.63. The summed E-state index contributed by atoms with van der Waals surface area (Å²) in [6, 6.07) is 2.87. The number of thiophene rings is 1. The van der Waals surface area contributed by atoms with Crippen molar-refractivity contribution in [3.63, 3.8) is 0 Å². The van der Waals surface area contributed by atoms with Gasteiger partial charge in [0.25, 0.3) is 0 Å². The molecule has 1 aromatic rings. The van der Waals surface area contributed by atoms with Crippen molar-refractivity contribution in [3.8, 4) is 0 Å². The first-order chi connectivity index (χ1) is 9.31. The fourth-order valence-electron chi connectivity index (χ4n) is 1.45. The molecule has 0 radical (unpaired) electrons. The molecule has 0 atom stereocenters. The van der Waals surface area contributed by atoms with Crippen LogP contribution in [0.4, 0.5) is 0 Å². The number of aliphatic carboxylic acids is 1. The largest absolute Gasteiger partial charge is 0.481 e. The number of nitrogens with one attached hydrogen (secondary N) is 1. The smallest absolute Gasteiger partial charge is 0.308 e. The summed E-state index contributed by atoms with van der Waals surface area (Å²) in [6.07, 6.45) is 1.06. The van der Waals surface area contributed by atoms with Crippen molar-refractivity contribution in [2.45, 2.75) is 29.9 Å². The minimum Gasteiger partial charge on any atom is -0.481 e. The van der Waals surface area contributed by atoms with E-state index in [1.165, 1.54) is 12.1 Å². The van der Waals surface area contributed by atoms with Crippen LogP contribution in [0, 0.1) is 0 Å². The highest BCUT2D eigenvalue weighted by Gasteiger charge is 2.16. The minimum atomic E-state index is -3.62. The molecule has 0 aliphatic rings. The second-order valence-electron chi connectivity index (χ2n) is 4.11. The Kier molecular flexibility index (Phi) is 6.11. The number of rotatable bonds is 9. The van der Waals surface area contributed by atoms with Crippen molar-refractivity contribution in [1.29, 1.82) is 0 Å². The Morgan fingerprint density at radius 3 is 2.60 bits per heavy atom. The Labute approximate surface area is 120 Å². The molecule has 0 aliphatic heterocycles. The third-order valence-electron chi connectivity index (χ3n) is 2.37. The third-order valence-corrected chi connectivity index (χ3v) is 5.41. The van der Waals surface area contributed by atoms with Gasteiger partial charge in [-0.1, -0.05) is 0 Å². The van der Waals surface area contributed by atoms with Crippen molar-refractivity contribution in [1.82, 2.24) is 4.72 Å². The van der Waals surface area contributed by atoms with Gasteiger partial charge in [-0.3, -0.25) is 9.59 Å². The molecule has 9 heteroatoms. The van der Waals surface area contributed by atoms with Gasteiger partial charge >= 0.3 is 5.97 Å². The van der Waals surface area contributed by atoms with Gasteiger partial charge in [-0.15, -0.1) is 11.3 Å². The SMILES string of the molecule is NC(=O)CCCCNS(=O)(=O)c1ccc(CC(=O)O)s1. The van der Waals surface area contributed by atoms with Crippen molar-refractivity contribution in [2.24, 2.45) is 5.73 Å².